The number of furan rings is 1. The van der Waals surface area contributed by atoms with Crippen molar-refractivity contribution in [3.05, 3.63) is 23.7 Å². The number of carbonyl (C=O) groups excluding carboxylic acids is 1. The fourth-order valence-corrected chi connectivity index (χ4v) is 2.08. The fourth-order valence-electron chi connectivity index (χ4n) is 2.08. The SMILES string of the molecule is Cc1ccoc1C(=O)N1CCC(N)C(C)C1. The Kier molecular flexibility index (Phi) is 3.01. The molecule has 2 N–H and O–H groups in total. The Labute approximate surface area is 95.4 Å². The number of hydrogen-bond acceptors (Lipinski definition) is 3. The molecular formula is C12H18N2O2. The lowest BCUT2D eigenvalue weighted by Crippen LogP contribution is -2.48. The van der Waals surface area contributed by atoms with E-state index < -0.39 is 0 Å². The molecule has 4 nitrogen and oxygen atoms in total. The lowest BCUT2D eigenvalue weighted by Gasteiger charge is -2.34. The largest absolute Gasteiger partial charge is 0.459 e. The van der Waals surface area contributed by atoms with Gasteiger partial charge in [-0.25, -0.2) is 0 Å². The number of piperidine rings is 1. The summed E-state index contributed by atoms with van der Waals surface area (Å²) in [5, 5.41) is 0. The van der Waals surface area contributed by atoms with E-state index in [1.165, 1.54) is 0 Å². The number of carbonyl (C=O) groups is 1. The first kappa shape index (κ1) is 11.2. The Morgan fingerprint density at radius 2 is 2.38 bits per heavy atom. The van der Waals surface area contributed by atoms with Crippen LogP contribution in [0.15, 0.2) is 16.7 Å². The molecule has 2 heterocycles. The molecule has 1 aliphatic rings. The standard InChI is InChI=1S/C12H18N2O2/c1-8-4-6-16-11(8)12(15)14-5-3-10(13)9(2)7-14/h4,6,9-10H,3,5,7,13H2,1-2H3. The van der Waals surface area contributed by atoms with Gasteiger partial charge in [0.15, 0.2) is 5.76 Å². The van der Waals surface area contributed by atoms with Crippen molar-refractivity contribution in [1.29, 1.82) is 0 Å². The topological polar surface area (TPSA) is 59.5 Å². The molecule has 1 saturated heterocycles. The first-order valence-electron chi connectivity index (χ1n) is 5.68. The molecule has 88 valence electrons. The predicted octanol–water partition coefficient (Wildman–Crippen LogP) is 1.40. The van der Waals surface area contributed by atoms with E-state index in [4.69, 9.17) is 10.2 Å². The van der Waals surface area contributed by atoms with Crippen LogP contribution in [0.5, 0.6) is 0 Å². The highest BCUT2D eigenvalue weighted by Gasteiger charge is 2.28. The van der Waals surface area contributed by atoms with Crippen LogP contribution in [-0.4, -0.2) is 29.9 Å². The molecule has 0 bridgehead atoms. The molecule has 2 unspecified atom stereocenters. The zero-order valence-electron chi connectivity index (χ0n) is 9.77. The molecule has 0 spiro atoms. The number of aryl methyl sites for hydroxylation is 1. The van der Waals surface area contributed by atoms with Crippen LogP contribution in [0.3, 0.4) is 0 Å². The van der Waals surface area contributed by atoms with Gasteiger partial charge < -0.3 is 15.1 Å². The minimum Gasteiger partial charge on any atom is -0.459 e. The van der Waals surface area contributed by atoms with Gasteiger partial charge in [-0.2, -0.15) is 0 Å². The number of rotatable bonds is 1. The van der Waals surface area contributed by atoms with Gasteiger partial charge in [0.2, 0.25) is 0 Å². The Bertz CT molecular complexity index is 386. The molecule has 4 heteroatoms. The number of nitrogens with zero attached hydrogens (tertiary/aromatic N) is 1. The number of amides is 1. The Morgan fingerprint density at radius 1 is 1.62 bits per heavy atom. The molecule has 0 aliphatic carbocycles. The predicted molar refractivity (Wildman–Crippen MR) is 61.1 cm³/mol. The molecular weight excluding hydrogens is 204 g/mol. The van der Waals surface area contributed by atoms with Crippen molar-refractivity contribution in [2.45, 2.75) is 26.3 Å². The van der Waals surface area contributed by atoms with Gasteiger partial charge in [-0.05, 0) is 25.3 Å². The van der Waals surface area contributed by atoms with Crippen molar-refractivity contribution in [3.8, 4) is 0 Å². The summed E-state index contributed by atoms with van der Waals surface area (Å²) in [6, 6.07) is 2.02. The van der Waals surface area contributed by atoms with Crippen LogP contribution in [0.25, 0.3) is 0 Å². The zero-order chi connectivity index (χ0) is 11.7. The fraction of sp³-hybridized carbons (Fsp3) is 0.583. The number of likely N-dealkylation sites (tertiary alicyclic amines) is 1. The van der Waals surface area contributed by atoms with Gasteiger partial charge in [-0.3, -0.25) is 4.79 Å². The third kappa shape index (κ3) is 1.97. The average molecular weight is 222 g/mol. The summed E-state index contributed by atoms with van der Waals surface area (Å²) in [7, 11) is 0. The molecule has 1 fully saturated rings. The van der Waals surface area contributed by atoms with Gasteiger partial charge in [0.25, 0.3) is 5.91 Å². The highest BCUT2D eigenvalue weighted by molar-refractivity contribution is 5.92. The summed E-state index contributed by atoms with van der Waals surface area (Å²) in [6.07, 6.45) is 2.42. The number of nitrogens with two attached hydrogens (primary N) is 1. The summed E-state index contributed by atoms with van der Waals surface area (Å²) in [5.41, 5.74) is 6.82. The second-order valence-electron chi connectivity index (χ2n) is 4.61. The summed E-state index contributed by atoms with van der Waals surface area (Å²) in [6.45, 7) is 5.42. The molecule has 0 saturated carbocycles. The summed E-state index contributed by atoms with van der Waals surface area (Å²) >= 11 is 0. The van der Waals surface area contributed by atoms with Crippen molar-refractivity contribution in [1.82, 2.24) is 4.90 Å². The van der Waals surface area contributed by atoms with E-state index >= 15 is 0 Å². The first-order chi connectivity index (χ1) is 7.59. The maximum absolute atomic E-state index is 12.1. The molecule has 0 radical (unpaired) electrons. The molecule has 0 aromatic carbocycles. The van der Waals surface area contributed by atoms with Gasteiger partial charge in [-0.1, -0.05) is 6.92 Å². The van der Waals surface area contributed by atoms with E-state index in [1.807, 2.05) is 17.9 Å². The van der Waals surface area contributed by atoms with Crippen LogP contribution in [0.4, 0.5) is 0 Å². The maximum atomic E-state index is 12.1. The van der Waals surface area contributed by atoms with Crippen LogP contribution in [-0.2, 0) is 0 Å². The first-order valence-corrected chi connectivity index (χ1v) is 5.68. The second-order valence-corrected chi connectivity index (χ2v) is 4.61. The van der Waals surface area contributed by atoms with Gasteiger partial charge in [0.1, 0.15) is 0 Å². The lowest BCUT2D eigenvalue weighted by atomic mass is 9.94. The van der Waals surface area contributed by atoms with Gasteiger partial charge >= 0.3 is 0 Å². The summed E-state index contributed by atoms with van der Waals surface area (Å²) < 4.78 is 5.22. The normalized spacial score (nSPS) is 25.8. The van der Waals surface area contributed by atoms with Gasteiger partial charge in [0.05, 0.1) is 6.26 Å². The van der Waals surface area contributed by atoms with Crippen molar-refractivity contribution >= 4 is 5.91 Å². The van der Waals surface area contributed by atoms with Gasteiger partial charge in [0, 0.05) is 24.7 Å². The summed E-state index contributed by atoms with van der Waals surface area (Å²) in [4.78, 5) is 14.0. The molecule has 1 amide bonds. The third-order valence-corrected chi connectivity index (χ3v) is 3.32. The molecule has 1 aromatic heterocycles. The highest BCUT2D eigenvalue weighted by Crippen LogP contribution is 2.19. The lowest BCUT2D eigenvalue weighted by molar-refractivity contribution is 0.0631. The third-order valence-electron chi connectivity index (χ3n) is 3.32. The monoisotopic (exact) mass is 222 g/mol. The Morgan fingerprint density at radius 3 is 2.94 bits per heavy atom. The number of hydrogen-bond donors (Lipinski definition) is 1. The van der Waals surface area contributed by atoms with Crippen molar-refractivity contribution in [2.24, 2.45) is 11.7 Å². The van der Waals surface area contributed by atoms with Crippen LogP contribution in [0.2, 0.25) is 0 Å². The Balaban J connectivity index is 2.09. The minimum absolute atomic E-state index is 0.0127. The van der Waals surface area contributed by atoms with Gasteiger partial charge in [-0.15, -0.1) is 0 Å². The van der Waals surface area contributed by atoms with Crippen molar-refractivity contribution in [2.75, 3.05) is 13.1 Å². The minimum atomic E-state index is -0.0127. The zero-order valence-corrected chi connectivity index (χ0v) is 9.77. The van der Waals surface area contributed by atoms with Crippen LogP contribution in [0.1, 0.15) is 29.5 Å². The molecule has 2 atom stereocenters. The van der Waals surface area contributed by atoms with Crippen molar-refractivity contribution < 1.29 is 9.21 Å². The van der Waals surface area contributed by atoms with E-state index in [1.54, 1.807) is 6.26 Å². The smallest absolute Gasteiger partial charge is 0.289 e. The molecule has 1 aromatic rings. The van der Waals surface area contributed by atoms with Crippen LogP contribution >= 0.6 is 0 Å². The molecule has 2 rings (SSSR count). The van der Waals surface area contributed by atoms with E-state index in [-0.39, 0.29) is 11.9 Å². The van der Waals surface area contributed by atoms with E-state index in [0.717, 1.165) is 25.1 Å². The second kappa shape index (κ2) is 4.29. The maximum Gasteiger partial charge on any atom is 0.289 e. The van der Waals surface area contributed by atoms with Crippen LogP contribution in [0, 0.1) is 12.8 Å². The van der Waals surface area contributed by atoms with E-state index in [9.17, 15) is 4.79 Å². The summed E-state index contributed by atoms with van der Waals surface area (Å²) in [5.74, 6) is 0.803. The molecule has 1 aliphatic heterocycles. The van der Waals surface area contributed by atoms with E-state index in [2.05, 4.69) is 6.92 Å². The highest BCUT2D eigenvalue weighted by atomic mass is 16.3. The van der Waals surface area contributed by atoms with Crippen molar-refractivity contribution in [3.63, 3.8) is 0 Å². The average Bonchev–Trinajstić information content (AvgIpc) is 2.67. The Hall–Kier alpha value is -1.29. The molecule has 16 heavy (non-hydrogen) atoms. The van der Waals surface area contributed by atoms with Crippen LogP contribution < -0.4 is 5.73 Å². The quantitative estimate of drug-likeness (QED) is 0.781. The van der Waals surface area contributed by atoms with E-state index in [0.29, 0.717) is 11.7 Å².